The molecule has 1 aromatic rings. The normalized spacial score (nSPS) is 13.1. The van der Waals surface area contributed by atoms with Crippen LogP contribution in [0.1, 0.15) is 26.3 Å². The maximum atomic E-state index is 12.9. The number of hydrogen-bond acceptors (Lipinski definition) is 1. The summed E-state index contributed by atoms with van der Waals surface area (Å²) in [5, 5.41) is 3.43. The van der Waals surface area contributed by atoms with Crippen molar-refractivity contribution in [1.29, 1.82) is 0 Å². The van der Waals surface area contributed by atoms with Crippen molar-refractivity contribution in [2.24, 2.45) is 5.92 Å². The summed E-state index contributed by atoms with van der Waals surface area (Å²) in [5.41, 5.74) is 1.05. The van der Waals surface area contributed by atoms with E-state index in [-0.39, 0.29) is 5.82 Å². The Kier molecular flexibility index (Phi) is 4.76. The molecule has 0 aromatic heterocycles. The van der Waals surface area contributed by atoms with Crippen LogP contribution in [0.4, 0.5) is 4.39 Å². The molecule has 1 rings (SSSR count). The van der Waals surface area contributed by atoms with Crippen LogP contribution in [0.25, 0.3) is 0 Å². The molecule has 0 heterocycles. The number of hydrogen-bond donors (Lipinski definition) is 1. The summed E-state index contributed by atoms with van der Waals surface area (Å²) in [4.78, 5) is 0. The van der Waals surface area contributed by atoms with Crippen molar-refractivity contribution in [1.82, 2.24) is 5.32 Å². The monoisotopic (exact) mass is 209 g/mol. The Labute approximate surface area is 91.7 Å². The van der Waals surface area contributed by atoms with Gasteiger partial charge < -0.3 is 5.32 Å². The molecule has 0 radical (unpaired) electrons. The van der Waals surface area contributed by atoms with Gasteiger partial charge in [0, 0.05) is 6.04 Å². The summed E-state index contributed by atoms with van der Waals surface area (Å²) < 4.78 is 12.9. The predicted octanol–water partition coefficient (Wildman–Crippen LogP) is 3.00. The topological polar surface area (TPSA) is 12.0 Å². The van der Waals surface area contributed by atoms with Gasteiger partial charge in [0.05, 0.1) is 0 Å². The van der Waals surface area contributed by atoms with Crippen LogP contribution < -0.4 is 5.32 Å². The van der Waals surface area contributed by atoms with Gasteiger partial charge in [0.25, 0.3) is 0 Å². The summed E-state index contributed by atoms with van der Waals surface area (Å²) >= 11 is 0. The Morgan fingerprint density at radius 2 is 2.00 bits per heavy atom. The first-order chi connectivity index (χ1) is 7.08. The van der Waals surface area contributed by atoms with E-state index in [1.54, 1.807) is 12.1 Å². The summed E-state index contributed by atoms with van der Waals surface area (Å²) in [6, 6.07) is 7.22. The molecule has 0 aliphatic heterocycles. The first kappa shape index (κ1) is 12.2. The standard InChI is InChI=1S/C13H20FN/c1-10(2)9-15-11(3)7-12-5-4-6-13(14)8-12/h4-6,8,10-11,15H,7,9H2,1-3H3. The van der Waals surface area contributed by atoms with Gasteiger partial charge in [0.2, 0.25) is 0 Å². The molecule has 0 amide bonds. The predicted molar refractivity (Wildman–Crippen MR) is 62.4 cm³/mol. The highest BCUT2D eigenvalue weighted by Crippen LogP contribution is 2.06. The molecule has 0 fully saturated rings. The SMILES string of the molecule is CC(C)CNC(C)Cc1cccc(F)c1. The van der Waals surface area contributed by atoms with Crippen LogP contribution in [0, 0.1) is 11.7 Å². The molecule has 1 N–H and O–H groups in total. The van der Waals surface area contributed by atoms with Gasteiger partial charge >= 0.3 is 0 Å². The molecule has 1 nitrogen and oxygen atoms in total. The Morgan fingerprint density at radius 1 is 1.27 bits per heavy atom. The van der Waals surface area contributed by atoms with E-state index in [0.29, 0.717) is 12.0 Å². The third kappa shape index (κ3) is 4.93. The summed E-state index contributed by atoms with van der Waals surface area (Å²) in [7, 11) is 0. The average molecular weight is 209 g/mol. The van der Waals surface area contributed by atoms with Gasteiger partial charge in [-0.2, -0.15) is 0 Å². The quantitative estimate of drug-likeness (QED) is 0.786. The molecule has 1 atom stereocenters. The van der Waals surface area contributed by atoms with Gasteiger partial charge in [-0.05, 0) is 43.5 Å². The van der Waals surface area contributed by atoms with Gasteiger partial charge in [0.15, 0.2) is 0 Å². The van der Waals surface area contributed by atoms with Gasteiger partial charge in [-0.3, -0.25) is 0 Å². The fourth-order valence-electron chi connectivity index (χ4n) is 1.53. The minimum atomic E-state index is -0.149. The molecule has 0 spiro atoms. The Bertz CT molecular complexity index is 296. The second-order valence-corrected chi connectivity index (χ2v) is 4.54. The molecule has 84 valence electrons. The second kappa shape index (κ2) is 5.86. The third-order valence-corrected chi connectivity index (χ3v) is 2.31. The van der Waals surface area contributed by atoms with Crippen molar-refractivity contribution < 1.29 is 4.39 Å². The molecule has 0 aliphatic rings. The van der Waals surface area contributed by atoms with E-state index in [1.165, 1.54) is 6.07 Å². The first-order valence-electron chi connectivity index (χ1n) is 5.55. The summed E-state index contributed by atoms with van der Waals surface area (Å²) in [6.45, 7) is 7.51. The molecule has 1 unspecified atom stereocenters. The van der Waals surface area contributed by atoms with E-state index in [0.717, 1.165) is 18.5 Å². The van der Waals surface area contributed by atoms with Gasteiger partial charge in [-0.25, -0.2) is 4.39 Å². The second-order valence-electron chi connectivity index (χ2n) is 4.54. The van der Waals surface area contributed by atoms with E-state index in [1.807, 2.05) is 6.07 Å². The van der Waals surface area contributed by atoms with Crippen LogP contribution in [0.15, 0.2) is 24.3 Å². The van der Waals surface area contributed by atoms with Crippen LogP contribution in [0.5, 0.6) is 0 Å². The third-order valence-electron chi connectivity index (χ3n) is 2.31. The smallest absolute Gasteiger partial charge is 0.123 e. The van der Waals surface area contributed by atoms with Crippen LogP contribution >= 0.6 is 0 Å². The highest BCUT2D eigenvalue weighted by atomic mass is 19.1. The van der Waals surface area contributed by atoms with Crippen LogP contribution in [-0.4, -0.2) is 12.6 Å². The highest BCUT2D eigenvalue weighted by molar-refractivity contribution is 5.17. The van der Waals surface area contributed by atoms with Crippen molar-refractivity contribution in [3.05, 3.63) is 35.6 Å². The Balaban J connectivity index is 2.40. The maximum Gasteiger partial charge on any atom is 0.123 e. The van der Waals surface area contributed by atoms with E-state index in [4.69, 9.17) is 0 Å². The van der Waals surface area contributed by atoms with Gasteiger partial charge in [0.1, 0.15) is 5.82 Å². The molecule has 0 bridgehead atoms. The lowest BCUT2D eigenvalue weighted by Gasteiger charge is -2.15. The summed E-state index contributed by atoms with van der Waals surface area (Å²) in [6.07, 6.45) is 0.879. The van der Waals surface area contributed by atoms with E-state index in [2.05, 4.69) is 26.1 Å². The van der Waals surface area contributed by atoms with Crippen LogP contribution in [0.2, 0.25) is 0 Å². The Morgan fingerprint density at radius 3 is 2.60 bits per heavy atom. The highest BCUT2D eigenvalue weighted by Gasteiger charge is 2.04. The molecule has 0 saturated carbocycles. The minimum Gasteiger partial charge on any atom is -0.314 e. The van der Waals surface area contributed by atoms with Crippen molar-refractivity contribution in [3.8, 4) is 0 Å². The molecule has 2 heteroatoms. The number of nitrogens with one attached hydrogen (secondary N) is 1. The first-order valence-corrected chi connectivity index (χ1v) is 5.55. The van der Waals surface area contributed by atoms with Crippen LogP contribution in [-0.2, 0) is 6.42 Å². The molecular weight excluding hydrogens is 189 g/mol. The zero-order chi connectivity index (χ0) is 11.3. The minimum absolute atomic E-state index is 0.149. The van der Waals surface area contributed by atoms with Crippen molar-refractivity contribution >= 4 is 0 Å². The lowest BCUT2D eigenvalue weighted by atomic mass is 10.1. The van der Waals surface area contributed by atoms with Crippen molar-refractivity contribution in [3.63, 3.8) is 0 Å². The zero-order valence-corrected chi connectivity index (χ0v) is 9.76. The Hall–Kier alpha value is -0.890. The number of benzene rings is 1. The zero-order valence-electron chi connectivity index (χ0n) is 9.76. The van der Waals surface area contributed by atoms with Gasteiger partial charge in [-0.1, -0.05) is 26.0 Å². The van der Waals surface area contributed by atoms with E-state index < -0.39 is 0 Å². The molecule has 0 aliphatic carbocycles. The van der Waals surface area contributed by atoms with Crippen molar-refractivity contribution in [2.75, 3.05) is 6.54 Å². The molecule has 1 aromatic carbocycles. The fraction of sp³-hybridized carbons (Fsp3) is 0.538. The molecule has 0 saturated heterocycles. The van der Waals surface area contributed by atoms with Crippen molar-refractivity contribution in [2.45, 2.75) is 33.2 Å². The largest absolute Gasteiger partial charge is 0.314 e. The van der Waals surface area contributed by atoms with Gasteiger partial charge in [-0.15, -0.1) is 0 Å². The lowest BCUT2D eigenvalue weighted by molar-refractivity contribution is 0.481. The van der Waals surface area contributed by atoms with E-state index >= 15 is 0 Å². The average Bonchev–Trinajstić information content (AvgIpc) is 2.15. The van der Waals surface area contributed by atoms with Crippen LogP contribution in [0.3, 0.4) is 0 Å². The fourth-order valence-corrected chi connectivity index (χ4v) is 1.53. The molecular formula is C13H20FN. The lowest BCUT2D eigenvalue weighted by Crippen LogP contribution is -2.31. The molecule has 15 heavy (non-hydrogen) atoms. The maximum absolute atomic E-state index is 12.9. The number of halogens is 1. The number of rotatable bonds is 5. The summed E-state index contributed by atoms with van der Waals surface area (Å²) in [5.74, 6) is 0.503. The van der Waals surface area contributed by atoms with E-state index in [9.17, 15) is 4.39 Å².